The number of methoxy groups -OCH3 is 1. The van der Waals surface area contributed by atoms with Gasteiger partial charge in [-0.05, 0) is 43.5 Å². The van der Waals surface area contributed by atoms with E-state index in [4.69, 9.17) is 9.47 Å². The zero-order chi connectivity index (χ0) is 16.4. The van der Waals surface area contributed by atoms with Crippen molar-refractivity contribution in [3.8, 4) is 5.75 Å². The Labute approximate surface area is 145 Å². The lowest BCUT2D eigenvalue weighted by molar-refractivity contribution is -0.121. The van der Waals surface area contributed by atoms with Crippen LogP contribution in [0.15, 0.2) is 12.1 Å². The first-order valence-corrected chi connectivity index (χ1v) is 7.71. The van der Waals surface area contributed by atoms with Crippen molar-refractivity contribution in [1.82, 2.24) is 10.6 Å². The summed E-state index contributed by atoms with van der Waals surface area (Å²) in [5.74, 6) is 0.877. The molecule has 1 aromatic rings. The fourth-order valence-electron chi connectivity index (χ4n) is 2.08. The van der Waals surface area contributed by atoms with Gasteiger partial charge < -0.3 is 20.1 Å². The minimum atomic E-state index is 0. The van der Waals surface area contributed by atoms with Gasteiger partial charge in [0.15, 0.2) is 0 Å². The molecule has 0 saturated heterocycles. The average Bonchev–Trinajstić information content (AvgIpc) is 2.47. The Hall–Kier alpha value is -1.30. The molecule has 132 valence electrons. The van der Waals surface area contributed by atoms with Gasteiger partial charge in [-0.1, -0.05) is 6.07 Å². The SMILES string of the molecule is COCCNCCNC(=O)CCOc1cc(C)cc(C)c1C.Cl. The largest absolute Gasteiger partial charge is 0.493 e. The molecular weight excluding hydrogens is 316 g/mol. The molecule has 0 atom stereocenters. The fraction of sp³-hybridized carbons (Fsp3) is 0.588. The summed E-state index contributed by atoms with van der Waals surface area (Å²) in [6.07, 6.45) is 0.366. The van der Waals surface area contributed by atoms with Crippen molar-refractivity contribution >= 4 is 18.3 Å². The molecule has 0 fully saturated rings. The number of hydrogen-bond acceptors (Lipinski definition) is 4. The molecule has 0 spiro atoms. The molecule has 1 aromatic carbocycles. The van der Waals surface area contributed by atoms with Crippen LogP contribution in [0.4, 0.5) is 0 Å². The monoisotopic (exact) mass is 344 g/mol. The summed E-state index contributed by atoms with van der Waals surface area (Å²) in [6.45, 7) is 9.37. The highest BCUT2D eigenvalue weighted by Crippen LogP contribution is 2.23. The van der Waals surface area contributed by atoms with E-state index in [1.54, 1.807) is 7.11 Å². The maximum Gasteiger partial charge on any atom is 0.223 e. The second-order valence-corrected chi connectivity index (χ2v) is 5.40. The smallest absolute Gasteiger partial charge is 0.223 e. The zero-order valence-electron chi connectivity index (χ0n) is 14.5. The Kier molecular flexibility index (Phi) is 11.5. The van der Waals surface area contributed by atoms with Crippen LogP contribution in [0.1, 0.15) is 23.1 Å². The van der Waals surface area contributed by atoms with E-state index >= 15 is 0 Å². The third kappa shape index (κ3) is 8.79. The Morgan fingerprint density at radius 1 is 1.09 bits per heavy atom. The van der Waals surface area contributed by atoms with Crippen molar-refractivity contribution in [3.05, 3.63) is 28.8 Å². The van der Waals surface area contributed by atoms with Gasteiger partial charge in [0.2, 0.25) is 5.91 Å². The Morgan fingerprint density at radius 2 is 1.83 bits per heavy atom. The lowest BCUT2D eigenvalue weighted by atomic mass is 10.1. The van der Waals surface area contributed by atoms with Gasteiger partial charge in [0.25, 0.3) is 0 Å². The molecule has 0 aromatic heterocycles. The molecule has 0 bridgehead atoms. The second kappa shape index (κ2) is 12.2. The lowest BCUT2D eigenvalue weighted by Crippen LogP contribution is -2.33. The van der Waals surface area contributed by atoms with Crippen LogP contribution in [0.3, 0.4) is 0 Å². The molecule has 0 aliphatic rings. The van der Waals surface area contributed by atoms with Crippen LogP contribution in [0.2, 0.25) is 0 Å². The average molecular weight is 345 g/mol. The molecule has 5 nitrogen and oxygen atoms in total. The molecule has 0 aliphatic carbocycles. The van der Waals surface area contributed by atoms with Gasteiger partial charge >= 0.3 is 0 Å². The van der Waals surface area contributed by atoms with Gasteiger partial charge in [-0.15, -0.1) is 12.4 Å². The highest BCUT2D eigenvalue weighted by molar-refractivity contribution is 5.85. The first kappa shape index (κ1) is 21.7. The second-order valence-electron chi connectivity index (χ2n) is 5.40. The van der Waals surface area contributed by atoms with Gasteiger partial charge in [0, 0.05) is 26.7 Å². The van der Waals surface area contributed by atoms with Gasteiger partial charge in [0.1, 0.15) is 5.75 Å². The molecule has 0 unspecified atom stereocenters. The summed E-state index contributed by atoms with van der Waals surface area (Å²) in [5.41, 5.74) is 3.51. The lowest BCUT2D eigenvalue weighted by Gasteiger charge is -2.12. The van der Waals surface area contributed by atoms with Crippen molar-refractivity contribution in [2.75, 3.05) is 40.0 Å². The van der Waals surface area contributed by atoms with Crippen molar-refractivity contribution < 1.29 is 14.3 Å². The van der Waals surface area contributed by atoms with E-state index in [2.05, 4.69) is 23.6 Å². The Balaban J connectivity index is 0.00000484. The van der Waals surface area contributed by atoms with Crippen LogP contribution >= 0.6 is 12.4 Å². The van der Waals surface area contributed by atoms with E-state index < -0.39 is 0 Å². The third-order valence-corrected chi connectivity index (χ3v) is 3.46. The quantitative estimate of drug-likeness (QED) is 0.638. The van der Waals surface area contributed by atoms with E-state index in [-0.39, 0.29) is 18.3 Å². The summed E-state index contributed by atoms with van der Waals surface area (Å²) in [5, 5.41) is 6.03. The van der Waals surface area contributed by atoms with E-state index in [9.17, 15) is 4.79 Å². The zero-order valence-corrected chi connectivity index (χ0v) is 15.3. The number of rotatable bonds is 10. The first-order valence-electron chi connectivity index (χ1n) is 7.71. The van der Waals surface area contributed by atoms with Crippen LogP contribution in [0.25, 0.3) is 0 Å². The van der Waals surface area contributed by atoms with E-state index in [0.29, 0.717) is 26.2 Å². The molecule has 1 rings (SSSR count). The van der Waals surface area contributed by atoms with Gasteiger partial charge in [-0.3, -0.25) is 4.79 Å². The minimum Gasteiger partial charge on any atom is -0.493 e. The van der Waals surface area contributed by atoms with Gasteiger partial charge in [-0.25, -0.2) is 0 Å². The van der Waals surface area contributed by atoms with Crippen molar-refractivity contribution in [2.24, 2.45) is 0 Å². The maximum absolute atomic E-state index is 11.7. The minimum absolute atomic E-state index is 0. The highest BCUT2D eigenvalue weighted by Gasteiger charge is 2.06. The molecule has 0 saturated carbocycles. The van der Waals surface area contributed by atoms with Crippen molar-refractivity contribution in [3.63, 3.8) is 0 Å². The molecular formula is C17H29ClN2O3. The van der Waals surface area contributed by atoms with Crippen LogP contribution in [-0.4, -0.2) is 45.9 Å². The van der Waals surface area contributed by atoms with E-state index in [1.165, 1.54) is 11.1 Å². The first-order chi connectivity index (χ1) is 10.5. The number of benzene rings is 1. The molecule has 1 amide bonds. The number of aryl methyl sites for hydroxylation is 2. The third-order valence-electron chi connectivity index (χ3n) is 3.46. The van der Waals surface area contributed by atoms with Crippen LogP contribution in [0, 0.1) is 20.8 Å². The molecule has 6 heteroatoms. The normalized spacial score (nSPS) is 10.1. The molecule has 0 aliphatic heterocycles. The predicted molar refractivity (Wildman–Crippen MR) is 95.8 cm³/mol. The van der Waals surface area contributed by atoms with E-state index in [1.807, 2.05) is 19.9 Å². The highest BCUT2D eigenvalue weighted by atomic mass is 35.5. The number of carbonyl (C=O) groups is 1. The van der Waals surface area contributed by atoms with Crippen LogP contribution < -0.4 is 15.4 Å². The number of halogens is 1. The Bertz CT molecular complexity index is 481. The van der Waals surface area contributed by atoms with Gasteiger partial charge in [-0.2, -0.15) is 0 Å². The number of ether oxygens (including phenoxy) is 2. The maximum atomic E-state index is 11.7. The summed E-state index contributed by atoms with van der Waals surface area (Å²) < 4.78 is 10.7. The van der Waals surface area contributed by atoms with Gasteiger partial charge in [0.05, 0.1) is 19.6 Å². The van der Waals surface area contributed by atoms with Crippen LogP contribution in [0.5, 0.6) is 5.75 Å². The fourth-order valence-corrected chi connectivity index (χ4v) is 2.08. The topological polar surface area (TPSA) is 59.6 Å². The van der Waals surface area contributed by atoms with Crippen molar-refractivity contribution in [1.29, 1.82) is 0 Å². The summed E-state index contributed by atoms with van der Waals surface area (Å²) in [4.78, 5) is 11.7. The molecule has 0 radical (unpaired) electrons. The number of carbonyl (C=O) groups excluding carboxylic acids is 1. The summed E-state index contributed by atoms with van der Waals surface area (Å²) in [6, 6.07) is 4.14. The molecule has 2 N–H and O–H groups in total. The molecule has 23 heavy (non-hydrogen) atoms. The number of amides is 1. The predicted octanol–water partition coefficient (Wildman–Crippen LogP) is 2.15. The summed E-state index contributed by atoms with van der Waals surface area (Å²) >= 11 is 0. The standard InChI is InChI=1S/C17H28N2O3.ClH/c1-13-11-14(2)15(3)16(12-13)22-9-5-17(20)19-7-6-18-8-10-21-4;/h11-12,18H,5-10H2,1-4H3,(H,19,20);1H. The Morgan fingerprint density at radius 3 is 2.52 bits per heavy atom. The van der Waals surface area contributed by atoms with Crippen LogP contribution in [-0.2, 0) is 9.53 Å². The van der Waals surface area contributed by atoms with E-state index in [0.717, 1.165) is 24.4 Å². The number of hydrogen-bond donors (Lipinski definition) is 2. The molecule has 0 heterocycles. The van der Waals surface area contributed by atoms with Crippen molar-refractivity contribution in [2.45, 2.75) is 27.2 Å². The number of nitrogens with one attached hydrogen (secondary N) is 2. The summed E-state index contributed by atoms with van der Waals surface area (Å²) in [7, 11) is 1.67.